The molecule has 0 spiro atoms. The highest BCUT2D eigenvalue weighted by molar-refractivity contribution is 5.92. The summed E-state index contributed by atoms with van der Waals surface area (Å²) < 4.78 is 3.82. The molecule has 0 unspecified atom stereocenters. The van der Waals surface area contributed by atoms with Gasteiger partial charge in [0.2, 0.25) is 0 Å². The average molecular weight is 324 g/mol. The summed E-state index contributed by atoms with van der Waals surface area (Å²) in [4.78, 5) is 20.6. The molecule has 1 N–H and O–H groups in total. The predicted molar refractivity (Wildman–Crippen MR) is 90.4 cm³/mol. The smallest absolute Gasteiger partial charge is 0.271 e. The van der Waals surface area contributed by atoms with Gasteiger partial charge in [0.25, 0.3) is 5.91 Å². The van der Waals surface area contributed by atoms with E-state index < -0.39 is 0 Å². The summed E-state index contributed by atoms with van der Waals surface area (Å²) in [5, 5.41) is 7.11. The van der Waals surface area contributed by atoms with Crippen LogP contribution in [0.5, 0.6) is 0 Å². The number of pyridine rings is 1. The van der Waals surface area contributed by atoms with E-state index in [0.717, 1.165) is 23.6 Å². The van der Waals surface area contributed by atoms with Crippen LogP contribution in [0.3, 0.4) is 0 Å². The second-order valence-corrected chi connectivity index (χ2v) is 5.42. The van der Waals surface area contributed by atoms with E-state index in [1.165, 1.54) is 0 Å². The molecular formula is C17H20N6O. The fraction of sp³-hybridized carbons (Fsp3) is 0.294. The average Bonchev–Trinajstić information content (AvgIpc) is 3.23. The van der Waals surface area contributed by atoms with Crippen molar-refractivity contribution in [2.75, 3.05) is 6.54 Å². The van der Waals surface area contributed by atoms with Crippen LogP contribution in [0.1, 0.15) is 23.1 Å². The number of hydrogen-bond acceptors (Lipinski definition) is 4. The molecule has 3 heterocycles. The Morgan fingerprint density at radius 1 is 1.25 bits per heavy atom. The van der Waals surface area contributed by atoms with Crippen molar-refractivity contribution >= 4 is 5.91 Å². The largest absolute Gasteiger partial charge is 0.349 e. The molecule has 3 aromatic heterocycles. The fourth-order valence-electron chi connectivity index (χ4n) is 2.51. The highest BCUT2D eigenvalue weighted by Crippen LogP contribution is 2.18. The summed E-state index contributed by atoms with van der Waals surface area (Å²) >= 11 is 0. The monoisotopic (exact) mass is 324 g/mol. The topological polar surface area (TPSA) is 77.6 Å². The van der Waals surface area contributed by atoms with Gasteiger partial charge in [0.1, 0.15) is 11.5 Å². The number of hydrogen-bond donors (Lipinski definition) is 1. The molecule has 0 saturated heterocycles. The van der Waals surface area contributed by atoms with E-state index in [-0.39, 0.29) is 5.91 Å². The van der Waals surface area contributed by atoms with Gasteiger partial charge >= 0.3 is 0 Å². The lowest BCUT2D eigenvalue weighted by molar-refractivity contribution is 0.0946. The Kier molecular flexibility index (Phi) is 4.69. The number of aryl methyl sites for hydroxylation is 2. The van der Waals surface area contributed by atoms with Gasteiger partial charge in [0, 0.05) is 55.7 Å². The minimum Gasteiger partial charge on any atom is -0.349 e. The van der Waals surface area contributed by atoms with E-state index in [1.807, 2.05) is 32.2 Å². The second-order valence-electron chi connectivity index (χ2n) is 5.42. The molecule has 0 aliphatic rings. The van der Waals surface area contributed by atoms with Gasteiger partial charge in [-0.25, -0.2) is 4.98 Å². The molecule has 7 nitrogen and oxygen atoms in total. The molecule has 0 aliphatic carbocycles. The van der Waals surface area contributed by atoms with Crippen molar-refractivity contribution in [1.29, 1.82) is 0 Å². The molecule has 0 fully saturated rings. The maximum absolute atomic E-state index is 12.1. The highest BCUT2D eigenvalue weighted by atomic mass is 16.1. The van der Waals surface area contributed by atoms with Gasteiger partial charge in [-0.3, -0.25) is 14.5 Å². The van der Waals surface area contributed by atoms with Crippen LogP contribution in [-0.4, -0.2) is 36.8 Å². The molecule has 0 bridgehead atoms. The van der Waals surface area contributed by atoms with E-state index in [4.69, 9.17) is 0 Å². The first kappa shape index (κ1) is 15.9. The van der Waals surface area contributed by atoms with Crippen LogP contribution in [0.2, 0.25) is 0 Å². The maximum atomic E-state index is 12.1. The van der Waals surface area contributed by atoms with Crippen molar-refractivity contribution in [1.82, 2.24) is 29.6 Å². The Morgan fingerprint density at radius 3 is 2.75 bits per heavy atom. The van der Waals surface area contributed by atoms with Crippen molar-refractivity contribution in [3.63, 3.8) is 0 Å². The van der Waals surface area contributed by atoms with E-state index in [0.29, 0.717) is 18.8 Å². The number of imidazole rings is 1. The number of nitrogens with one attached hydrogen (secondary N) is 1. The molecule has 124 valence electrons. The van der Waals surface area contributed by atoms with Gasteiger partial charge in [0.15, 0.2) is 0 Å². The first-order valence-electron chi connectivity index (χ1n) is 7.93. The van der Waals surface area contributed by atoms with E-state index in [2.05, 4.69) is 25.0 Å². The Labute approximate surface area is 140 Å². The summed E-state index contributed by atoms with van der Waals surface area (Å²) in [5.41, 5.74) is 2.49. The third kappa shape index (κ3) is 3.34. The summed E-state index contributed by atoms with van der Waals surface area (Å²) in [6.45, 7) is 5.88. The lowest BCUT2D eigenvalue weighted by Gasteiger charge is -2.10. The Morgan fingerprint density at radius 2 is 2.04 bits per heavy atom. The van der Waals surface area contributed by atoms with Gasteiger partial charge in [-0.2, -0.15) is 5.10 Å². The number of rotatable bonds is 6. The fourth-order valence-corrected chi connectivity index (χ4v) is 2.51. The molecule has 3 rings (SSSR count). The zero-order valence-corrected chi connectivity index (χ0v) is 13.8. The number of nitrogens with zero attached hydrogens (tertiary/aromatic N) is 5. The van der Waals surface area contributed by atoms with E-state index >= 15 is 0 Å². The number of carbonyl (C=O) groups is 1. The van der Waals surface area contributed by atoms with E-state index in [9.17, 15) is 4.79 Å². The van der Waals surface area contributed by atoms with Gasteiger partial charge in [0.05, 0.1) is 0 Å². The third-order valence-corrected chi connectivity index (χ3v) is 3.81. The molecule has 0 saturated carbocycles. The molecule has 1 amide bonds. The molecule has 0 radical (unpaired) electrons. The van der Waals surface area contributed by atoms with Crippen LogP contribution < -0.4 is 5.32 Å². The molecule has 0 atom stereocenters. The molecule has 0 aliphatic heterocycles. The summed E-state index contributed by atoms with van der Waals surface area (Å²) in [6, 6.07) is 5.58. The normalized spacial score (nSPS) is 10.8. The van der Waals surface area contributed by atoms with Crippen molar-refractivity contribution < 1.29 is 4.79 Å². The zero-order valence-electron chi connectivity index (χ0n) is 13.8. The number of amides is 1. The Bertz CT molecular complexity index is 821. The zero-order chi connectivity index (χ0) is 16.9. The summed E-state index contributed by atoms with van der Waals surface area (Å²) in [7, 11) is 0. The van der Waals surface area contributed by atoms with Crippen LogP contribution in [0.15, 0.2) is 43.0 Å². The summed E-state index contributed by atoms with van der Waals surface area (Å²) in [5.74, 6) is 0.713. The predicted octanol–water partition coefficient (Wildman–Crippen LogP) is 1.90. The quantitative estimate of drug-likeness (QED) is 0.751. The lowest BCUT2D eigenvalue weighted by Crippen LogP contribution is -2.28. The van der Waals surface area contributed by atoms with Crippen LogP contribution in [0, 0.1) is 6.92 Å². The number of aromatic nitrogens is 5. The van der Waals surface area contributed by atoms with E-state index in [1.54, 1.807) is 29.3 Å². The van der Waals surface area contributed by atoms with Crippen LogP contribution in [-0.2, 0) is 13.1 Å². The van der Waals surface area contributed by atoms with Crippen LogP contribution in [0.25, 0.3) is 11.4 Å². The van der Waals surface area contributed by atoms with Crippen molar-refractivity contribution in [3.8, 4) is 11.4 Å². The maximum Gasteiger partial charge on any atom is 0.271 e. The Balaban J connectivity index is 1.65. The lowest BCUT2D eigenvalue weighted by atomic mass is 10.2. The minimum absolute atomic E-state index is 0.162. The molecule has 3 aromatic rings. The molecule has 7 heteroatoms. The van der Waals surface area contributed by atoms with Crippen molar-refractivity contribution in [2.45, 2.75) is 26.9 Å². The highest BCUT2D eigenvalue weighted by Gasteiger charge is 2.11. The van der Waals surface area contributed by atoms with Crippen LogP contribution in [0.4, 0.5) is 0 Å². The molecule has 0 aromatic carbocycles. The first-order chi connectivity index (χ1) is 11.7. The van der Waals surface area contributed by atoms with Crippen molar-refractivity contribution in [2.24, 2.45) is 0 Å². The SMILES string of the molecule is CCn1ccc(C(=O)NCCn2c(C)cnc2-c2ccncc2)n1. The summed E-state index contributed by atoms with van der Waals surface area (Å²) in [6.07, 6.45) is 7.13. The second kappa shape index (κ2) is 7.08. The standard InChI is InChI=1S/C17H20N6O/c1-3-22-10-6-15(21-22)17(24)19-9-11-23-13(2)12-20-16(23)14-4-7-18-8-5-14/h4-8,10,12H,3,9,11H2,1-2H3,(H,19,24). The van der Waals surface area contributed by atoms with Gasteiger partial charge in [-0.05, 0) is 32.0 Å². The molecule has 24 heavy (non-hydrogen) atoms. The third-order valence-electron chi connectivity index (χ3n) is 3.81. The first-order valence-corrected chi connectivity index (χ1v) is 7.93. The van der Waals surface area contributed by atoms with Crippen molar-refractivity contribution in [3.05, 3.63) is 54.4 Å². The van der Waals surface area contributed by atoms with Gasteiger partial charge in [-0.15, -0.1) is 0 Å². The van der Waals surface area contributed by atoms with Crippen LogP contribution >= 0.6 is 0 Å². The number of carbonyl (C=O) groups excluding carboxylic acids is 1. The Hall–Kier alpha value is -2.96. The minimum atomic E-state index is -0.162. The van der Waals surface area contributed by atoms with Gasteiger partial charge < -0.3 is 9.88 Å². The molecular weight excluding hydrogens is 304 g/mol. The van der Waals surface area contributed by atoms with Gasteiger partial charge in [-0.1, -0.05) is 0 Å².